The highest BCUT2D eigenvalue weighted by molar-refractivity contribution is 7.92. The molecule has 158 valence electrons. The Morgan fingerprint density at radius 2 is 1.97 bits per heavy atom. The highest BCUT2D eigenvalue weighted by Gasteiger charge is 2.17. The summed E-state index contributed by atoms with van der Waals surface area (Å²) in [7, 11) is -3.32. The van der Waals surface area contributed by atoms with Crippen molar-refractivity contribution in [3.8, 4) is 16.9 Å². The van der Waals surface area contributed by atoms with Crippen LogP contribution >= 0.6 is 0 Å². The lowest BCUT2D eigenvalue weighted by Crippen LogP contribution is -2.09. The van der Waals surface area contributed by atoms with E-state index in [2.05, 4.69) is 26.0 Å². The normalized spacial score (nSPS) is 13.2. The van der Waals surface area contributed by atoms with Gasteiger partial charge in [0, 0.05) is 35.9 Å². The molecule has 0 bridgehead atoms. The average molecular weight is 436 g/mol. The van der Waals surface area contributed by atoms with E-state index in [9.17, 15) is 8.42 Å². The van der Waals surface area contributed by atoms with Crippen LogP contribution < -0.4 is 9.46 Å². The summed E-state index contributed by atoms with van der Waals surface area (Å²) < 4.78 is 32.9. The lowest BCUT2D eigenvalue weighted by Gasteiger charge is -2.10. The van der Waals surface area contributed by atoms with Gasteiger partial charge in [0.2, 0.25) is 10.0 Å². The average Bonchev–Trinajstić information content (AvgIpc) is 3.41. The van der Waals surface area contributed by atoms with Gasteiger partial charge in [-0.15, -0.1) is 10.2 Å². The van der Waals surface area contributed by atoms with Crippen LogP contribution in [0.4, 0.5) is 5.69 Å². The van der Waals surface area contributed by atoms with Crippen molar-refractivity contribution in [2.24, 2.45) is 0 Å². The molecular formula is C22H21N5O3S. The Balaban J connectivity index is 1.41. The third-order valence-corrected chi connectivity index (χ3v) is 5.97. The predicted octanol–water partition coefficient (Wildman–Crippen LogP) is 2.88. The van der Waals surface area contributed by atoms with Gasteiger partial charge in [-0.2, -0.15) is 0 Å². The van der Waals surface area contributed by atoms with Crippen LogP contribution in [0.2, 0.25) is 0 Å². The maximum absolute atomic E-state index is 11.4. The number of fused-ring (bicyclic) bond motifs is 2. The molecule has 0 amide bonds. The SMILES string of the molecule is CS(=O)(=O)Nc1ccc(-c2cnc(CCc3cccc4c3CCO4)n3cnnc23)cc1. The maximum atomic E-state index is 11.4. The largest absolute Gasteiger partial charge is 0.493 e. The van der Waals surface area contributed by atoms with Crippen molar-refractivity contribution in [3.63, 3.8) is 0 Å². The smallest absolute Gasteiger partial charge is 0.229 e. The van der Waals surface area contributed by atoms with Crippen LogP contribution in [-0.2, 0) is 29.3 Å². The molecule has 0 unspecified atom stereocenters. The van der Waals surface area contributed by atoms with E-state index in [0.717, 1.165) is 60.5 Å². The summed E-state index contributed by atoms with van der Waals surface area (Å²) in [5.74, 6) is 1.87. The number of aromatic nitrogens is 4. The number of ether oxygens (including phenoxy) is 1. The zero-order chi connectivity index (χ0) is 21.4. The molecule has 9 heteroatoms. The second-order valence-corrected chi connectivity index (χ2v) is 9.30. The number of anilines is 1. The molecule has 1 aliphatic heterocycles. The Bertz CT molecular complexity index is 1360. The summed E-state index contributed by atoms with van der Waals surface area (Å²) >= 11 is 0. The molecule has 0 fully saturated rings. The van der Waals surface area contributed by atoms with Crippen LogP contribution in [0.1, 0.15) is 17.0 Å². The van der Waals surface area contributed by atoms with Gasteiger partial charge < -0.3 is 4.74 Å². The van der Waals surface area contributed by atoms with Gasteiger partial charge in [-0.25, -0.2) is 13.4 Å². The highest BCUT2D eigenvalue weighted by Crippen LogP contribution is 2.29. The highest BCUT2D eigenvalue weighted by atomic mass is 32.2. The van der Waals surface area contributed by atoms with Crippen molar-refractivity contribution in [1.82, 2.24) is 19.6 Å². The van der Waals surface area contributed by atoms with Gasteiger partial charge in [0.25, 0.3) is 0 Å². The molecule has 8 nitrogen and oxygen atoms in total. The van der Waals surface area contributed by atoms with Gasteiger partial charge in [0.05, 0.1) is 12.9 Å². The summed E-state index contributed by atoms with van der Waals surface area (Å²) in [5.41, 5.74) is 5.52. The first kappa shape index (κ1) is 19.5. The van der Waals surface area contributed by atoms with Crippen LogP contribution in [0.3, 0.4) is 0 Å². The fourth-order valence-electron chi connectivity index (χ4n) is 3.96. The minimum atomic E-state index is -3.32. The van der Waals surface area contributed by atoms with Crippen LogP contribution in [0.5, 0.6) is 5.75 Å². The molecule has 0 atom stereocenters. The summed E-state index contributed by atoms with van der Waals surface area (Å²) in [6.07, 6.45) is 7.17. The number of nitrogens with one attached hydrogen (secondary N) is 1. The number of aryl methyl sites for hydroxylation is 2. The van der Waals surface area contributed by atoms with Gasteiger partial charge in [-0.1, -0.05) is 24.3 Å². The molecule has 4 aromatic rings. The summed E-state index contributed by atoms with van der Waals surface area (Å²) in [5, 5.41) is 8.38. The quantitative estimate of drug-likeness (QED) is 0.500. The number of hydrogen-bond acceptors (Lipinski definition) is 6. The molecule has 0 saturated carbocycles. The topological polar surface area (TPSA) is 98.5 Å². The molecule has 1 N–H and O–H groups in total. The van der Waals surface area contributed by atoms with E-state index >= 15 is 0 Å². The van der Waals surface area contributed by atoms with Gasteiger partial charge in [-0.05, 0) is 35.7 Å². The predicted molar refractivity (Wildman–Crippen MR) is 118 cm³/mol. The third-order valence-electron chi connectivity index (χ3n) is 5.37. The number of hydrogen-bond donors (Lipinski definition) is 1. The molecule has 1 aliphatic rings. The zero-order valence-corrected chi connectivity index (χ0v) is 17.8. The molecule has 0 aliphatic carbocycles. The Labute approximate surface area is 180 Å². The van der Waals surface area contributed by atoms with Gasteiger partial charge in [0.15, 0.2) is 5.65 Å². The third kappa shape index (κ3) is 3.96. The van der Waals surface area contributed by atoms with Crippen molar-refractivity contribution >= 4 is 21.4 Å². The Hall–Kier alpha value is -3.46. The summed E-state index contributed by atoms with van der Waals surface area (Å²) in [4.78, 5) is 4.69. The summed E-state index contributed by atoms with van der Waals surface area (Å²) in [6.45, 7) is 0.744. The number of sulfonamides is 1. The molecule has 0 spiro atoms. The van der Waals surface area contributed by atoms with Crippen molar-refractivity contribution < 1.29 is 13.2 Å². The lowest BCUT2D eigenvalue weighted by atomic mass is 10.0. The second-order valence-electron chi connectivity index (χ2n) is 7.56. The van der Waals surface area contributed by atoms with Gasteiger partial charge in [0.1, 0.15) is 17.9 Å². The maximum Gasteiger partial charge on any atom is 0.229 e. The summed E-state index contributed by atoms with van der Waals surface area (Å²) in [6, 6.07) is 13.3. The van der Waals surface area contributed by atoms with Crippen molar-refractivity contribution in [2.45, 2.75) is 19.3 Å². The Morgan fingerprint density at radius 1 is 1.13 bits per heavy atom. The van der Waals surface area contributed by atoms with Crippen molar-refractivity contribution in [1.29, 1.82) is 0 Å². The standard InChI is InChI=1S/C22H21N5O3S/c1-31(28,29)26-17-8-5-16(6-9-17)19-13-23-21(27-14-24-25-22(19)27)10-7-15-3-2-4-20-18(15)11-12-30-20/h2-6,8-9,13-14,26H,7,10-12H2,1H3. The molecule has 2 aromatic heterocycles. The van der Waals surface area contributed by atoms with Crippen molar-refractivity contribution in [2.75, 3.05) is 17.6 Å². The first-order valence-electron chi connectivity index (χ1n) is 9.97. The fourth-order valence-corrected chi connectivity index (χ4v) is 4.53. The minimum Gasteiger partial charge on any atom is -0.493 e. The minimum absolute atomic E-state index is 0.507. The van der Waals surface area contributed by atoms with E-state index in [-0.39, 0.29) is 0 Å². The molecule has 5 rings (SSSR count). The fraction of sp³-hybridized carbons (Fsp3) is 0.227. The van der Waals surface area contributed by atoms with E-state index in [4.69, 9.17) is 4.74 Å². The van der Waals surface area contributed by atoms with E-state index in [1.807, 2.05) is 28.7 Å². The van der Waals surface area contributed by atoms with Crippen LogP contribution in [0.15, 0.2) is 55.0 Å². The molecular weight excluding hydrogens is 414 g/mol. The molecule has 3 heterocycles. The first-order chi connectivity index (χ1) is 15.0. The van der Waals surface area contributed by atoms with Crippen LogP contribution in [0.25, 0.3) is 16.8 Å². The lowest BCUT2D eigenvalue weighted by molar-refractivity contribution is 0.357. The van der Waals surface area contributed by atoms with Crippen molar-refractivity contribution in [3.05, 3.63) is 71.9 Å². The zero-order valence-electron chi connectivity index (χ0n) is 16.9. The van der Waals surface area contributed by atoms with Crippen LogP contribution in [-0.4, -0.2) is 40.9 Å². The van der Waals surface area contributed by atoms with Gasteiger partial charge >= 0.3 is 0 Å². The number of benzene rings is 2. The second kappa shape index (κ2) is 7.66. The molecule has 31 heavy (non-hydrogen) atoms. The molecule has 0 saturated heterocycles. The Kier molecular flexibility index (Phi) is 4.82. The van der Waals surface area contributed by atoms with E-state index in [0.29, 0.717) is 5.69 Å². The first-order valence-corrected chi connectivity index (χ1v) is 11.9. The monoisotopic (exact) mass is 435 g/mol. The molecule has 0 radical (unpaired) electrons. The van der Waals surface area contributed by atoms with E-state index in [1.54, 1.807) is 24.7 Å². The van der Waals surface area contributed by atoms with Gasteiger partial charge in [-0.3, -0.25) is 9.12 Å². The van der Waals surface area contributed by atoms with E-state index in [1.165, 1.54) is 11.1 Å². The van der Waals surface area contributed by atoms with Crippen LogP contribution in [0, 0.1) is 0 Å². The van der Waals surface area contributed by atoms with E-state index < -0.39 is 10.0 Å². The number of nitrogens with zero attached hydrogens (tertiary/aromatic N) is 4. The Morgan fingerprint density at radius 3 is 2.77 bits per heavy atom. The molecule has 2 aromatic carbocycles. The number of rotatable bonds is 6.